The third-order valence-corrected chi connectivity index (χ3v) is 4.93. The average molecular weight is 289 g/mol. The molecule has 18 heavy (non-hydrogen) atoms. The maximum Gasteiger partial charge on any atom is 0.264 e. The van der Waals surface area contributed by atoms with Gasteiger partial charge in [0.05, 0.1) is 11.0 Å². The van der Waals surface area contributed by atoms with Crippen molar-refractivity contribution >= 4 is 27.2 Å². The Balaban J connectivity index is 2.43. The van der Waals surface area contributed by atoms with Gasteiger partial charge >= 0.3 is 0 Å². The molecule has 0 aliphatic carbocycles. The van der Waals surface area contributed by atoms with Gasteiger partial charge in [-0.15, -0.1) is 0 Å². The predicted molar refractivity (Wildman–Crippen MR) is 67.9 cm³/mol. The van der Waals surface area contributed by atoms with Crippen LogP contribution in [0.4, 0.5) is 4.39 Å². The summed E-state index contributed by atoms with van der Waals surface area (Å²) in [4.78, 5) is 3.70. The van der Waals surface area contributed by atoms with Crippen LogP contribution < -0.4 is 5.73 Å². The zero-order valence-corrected chi connectivity index (χ0v) is 11.0. The topological polar surface area (TPSA) is 76.3 Å². The van der Waals surface area contributed by atoms with E-state index in [0.29, 0.717) is 12.8 Å². The minimum Gasteiger partial charge on any atom is -0.392 e. The zero-order chi connectivity index (χ0) is 13.3. The minimum atomic E-state index is -3.98. The molecule has 1 aliphatic heterocycles. The number of nitrogens with zero attached hydrogens (tertiary/aromatic N) is 2. The van der Waals surface area contributed by atoms with E-state index in [0.717, 1.165) is 10.4 Å². The van der Waals surface area contributed by atoms with Crippen LogP contribution in [0.2, 0.25) is 0 Å². The van der Waals surface area contributed by atoms with Crippen molar-refractivity contribution in [2.75, 3.05) is 6.54 Å². The SMILES string of the molecule is NC(=S)C1CCCN1S(=O)(=O)c1ncccc1F. The lowest BCUT2D eigenvalue weighted by Gasteiger charge is -2.22. The lowest BCUT2D eigenvalue weighted by atomic mass is 10.2. The zero-order valence-electron chi connectivity index (χ0n) is 9.41. The van der Waals surface area contributed by atoms with Crippen molar-refractivity contribution in [3.8, 4) is 0 Å². The van der Waals surface area contributed by atoms with E-state index in [2.05, 4.69) is 4.98 Å². The van der Waals surface area contributed by atoms with E-state index in [1.807, 2.05) is 0 Å². The molecule has 98 valence electrons. The highest BCUT2D eigenvalue weighted by molar-refractivity contribution is 7.89. The Kier molecular flexibility index (Phi) is 3.60. The molecule has 1 atom stereocenters. The minimum absolute atomic E-state index is 0.104. The molecule has 2 heterocycles. The summed E-state index contributed by atoms with van der Waals surface area (Å²) in [5.74, 6) is -0.869. The second-order valence-corrected chi connectivity index (χ2v) is 6.24. The smallest absolute Gasteiger partial charge is 0.264 e. The van der Waals surface area contributed by atoms with E-state index in [1.165, 1.54) is 12.3 Å². The number of sulfonamides is 1. The number of nitrogens with two attached hydrogens (primary N) is 1. The molecule has 1 aromatic heterocycles. The van der Waals surface area contributed by atoms with Crippen LogP contribution >= 0.6 is 12.2 Å². The maximum atomic E-state index is 13.5. The summed E-state index contributed by atoms with van der Waals surface area (Å²) in [7, 11) is -3.98. The highest BCUT2D eigenvalue weighted by Gasteiger charge is 2.38. The first-order valence-corrected chi connectivity index (χ1v) is 7.21. The van der Waals surface area contributed by atoms with E-state index in [9.17, 15) is 12.8 Å². The Labute approximate surface area is 110 Å². The molecule has 0 aromatic carbocycles. The van der Waals surface area contributed by atoms with Crippen LogP contribution in [0.5, 0.6) is 0 Å². The largest absolute Gasteiger partial charge is 0.392 e. The molecule has 2 rings (SSSR count). The molecule has 0 radical (unpaired) electrons. The summed E-state index contributed by atoms with van der Waals surface area (Å²) in [5.41, 5.74) is 5.51. The van der Waals surface area contributed by atoms with Crippen molar-refractivity contribution in [2.24, 2.45) is 5.73 Å². The van der Waals surface area contributed by atoms with Crippen molar-refractivity contribution in [3.05, 3.63) is 24.1 Å². The van der Waals surface area contributed by atoms with Gasteiger partial charge in [0.2, 0.25) is 5.03 Å². The third kappa shape index (κ3) is 2.23. The number of hydrogen-bond acceptors (Lipinski definition) is 4. The van der Waals surface area contributed by atoms with Crippen LogP contribution in [-0.2, 0) is 10.0 Å². The summed E-state index contributed by atoms with van der Waals surface area (Å²) in [6.07, 6.45) is 2.44. The Morgan fingerprint density at radius 3 is 2.94 bits per heavy atom. The lowest BCUT2D eigenvalue weighted by Crippen LogP contribution is -2.43. The number of pyridine rings is 1. The van der Waals surface area contributed by atoms with Gasteiger partial charge in [-0.3, -0.25) is 0 Å². The van der Waals surface area contributed by atoms with Gasteiger partial charge in [-0.05, 0) is 25.0 Å². The van der Waals surface area contributed by atoms with Crippen molar-refractivity contribution in [3.63, 3.8) is 0 Å². The third-order valence-electron chi connectivity index (χ3n) is 2.81. The number of hydrogen-bond donors (Lipinski definition) is 1. The monoisotopic (exact) mass is 289 g/mol. The van der Waals surface area contributed by atoms with Crippen LogP contribution in [0.15, 0.2) is 23.4 Å². The fourth-order valence-electron chi connectivity index (χ4n) is 1.98. The molecule has 2 N–H and O–H groups in total. The number of rotatable bonds is 3. The molecule has 0 spiro atoms. The fraction of sp³-hybridized carbons (Fsp3) is 0.400. The number of aromatic nitrogens is 1. The molecule has 1 unspecified atom stereocenters. The van der Waals surface area contributed by atoms with Gasteiger partial charge in [0.1, 0.15) is 0 Å². The summed E-state index contributed by atoms with van der Waals surface area (Å²) < 4.78 is 39.2. The van der Waals surface area contributed by atoms with Gasteiger partial charge in [-0.25, -0.2) is 17.8 Å². The highest BCUT2D eigenvalue weighted by atomic mass is 32.2. The van der Waals surface area contributed by atoms with Crippen molar-refractivity contribution in [1.29, 1.82) is 0 Å². The van der Waals surface area contributed by atoms with Gasteiger partial charge < -0.3 is 5.73 Å². The van der Waals surface area contributed by atoms with E-state index in [1.54, 1.807) is 0 Å². The lowest BCUT2D eigenvalue weighted by molar-refractivity contribution is 0.436. The molecule has 0 bridgehead atoms. The molecule has 8 heteroatoms. The van der Waals surface area contributed by atoms with Crippen molar-refractivity contribution in [2.45, 2.75) is 23.9 Å². The van der Waals surface area contributed by atoms with Crippen LogP contribution in [0.25, 0.3) is 0 Å². The molecule has 1 saturated heterocycles. The fourth-order valence-corrected chi connectivity index (χ4v) is 3.95. The molecule has 5 nitrogen and oxygen atoms in total. The summed E-state index contributed by atoms with van der Waals surface area (Å²) in [5, 5.41) is -0.576. The molecule has 0 amide bonds. The summed E-state index contributed by atoms with van der Waals surface area (Å²) >= 11 is 4.84. The molecular weight excluding hydrogens is 277 g/mol. The normalized spacial score (nSPS) is 21.1. The molecular formula is C10H12FN3O2S2. The van der Waals surface area contributed by atoms with Crippen molar-refractivity contribution in [1.82, 2.24) is 9.29 Å². The van der Waals surface area contributed by atoms with E-state index >= 15 is 0 Å². The van der Waals surface area contributed by atoms with E-state index < -0.39 is 26.9 Å². The summed E-state index contributed by atoms with van der Waals surface area (Å²) in [6.45, 7) is 0.278. The highest BCUT2D eigenvalue weighted by Crippen LogP contribution is 2.26. The second-order valence-electron chi connectivity index (χ2n) is 3.97. The average Bonchev–Trinajstić information content (AvgIpc) is 2.78. The van der Waals surface area contributed by atoms with E-state index in [-0.39, 0.29) is 11.5 Å². The standard InChI is InChI=1S/C10H12FN3O2S2/c11-7-3-1-5-13-10(7)18(15,16)14-6-2-4-8(14)9(12)17/h1,3,5,8H,2,4,6H2,(H2,12,17). The van der Waals surface area contributed by atoms with Crippen LogP contribution in [0.3, 0.4) is 0 Å². The van der Waals surface area contributed by atoms with Gasteiger partial charge in [0.15, 0.2) is 5.82 Å². The van der Waals surface area contributed by atoms with Gasteiger partial charge in [0.25, 0.3) is 10.0 Å². The Morgan fingerprint density at radius 2 is 2.33 bits per heavy atom. The van der Waals surface area contributed by atoms with Crippen LogP contribution in [-0.4, -0.2) is 35.3 Å². The van der Waals surface area contributed by atoms with Gasteiger partial charge in [0, 0.05) is 12.7 Å². The Bertz CT molecular complexity index is 576. The Hall–Kier alpha value is -1.12. The van der Waals surface area contributed by atoms with Crippen molar-refractivity contribution < 1.29 is 12.8 Å². The van der Waals surface area contributed by atoms with Crippen LogP contribution in [0.1, 0.15) is 12.8 Å². The molecule has 1 aliphatic rings. The first-order chi connectivity index (χ1) is 8.44. The quantitative estimate of drug-likeness (QED) is 0.827. The van der Waals surface area contributed by atoms with Gasteiger partial charge in [-0.1, -0.05) is 12.2 Å². The first kappa shape index (κ1) is 13.3. The number of thiocarbonyl (C=S) groups is 1. The van der Waals surface area contributed by atoms with Gasteiger partial charge in [-0.2, -0.15) is 4.31 Å². The second kappa shape index (κ2) is 4.87. The maximum absolute atomic E-state index is 13.5. The van der Waals surface area contributed by atoms with Crippen LogP contribution in [0, 0.1) is 5.82 Å². The first-order valence-electron chi connectivity index (χ1n) is 5.36. The molecule has 0 saturated carbocycles. The van der Waals surface area contributed by atoms with E-state index in [4.69, 9.17) is 18.0 Å². The Morgan fingerprint density at radius 1 is 1.61 bits per heavy atom. The molecule has 1 fully saturated rings. The summed E-state index contributed by atoms with van der Waals surface area (Å²) in [6, 6.07) is 1.85. The molecule has 1 aromatic rings. The number of halogens is 1. The predicted octanol–water partition coefficient (Wildman–Crippen LogP) is 0.660.